The summed E-state index contributed by atoms with van der Waals surface area (Å²) in [5, 5.41) is 12.8. The highest BCUT2D eigenvalue weighted by Crippen LogP contribution is 2.44. The maximum atomic E-state index is 11.2. The molecule has 0 heterocycles. The fourth-order valence-corrected chi connectivity index (χ4v) is 2.90. The molecule has 0 spiro atoms. The molecule has 0 saturated heterocycles. The van der Waals surface area contributed by atoms with Crippen molar-refractivity contribution in [2.24, 2.45) is 17.3 Å². The van der Waals surface area contributed by atoms with Crippen LogP contribution in [0.2, 0.25) is 0 Å². The van der Waals surface area contributed by atoms with E-state index < -0.39 is 5.97 Å². The lowest BCUT2D eigenvalue weighted by Gasteiger charge is -2.46. The van der Waals surface area contributed by atoms with Crippen LogP contribution < -0.4 is 5.32 Å². The average Bonchev–Trinajstić information content (AvgIpc) is 2.24. The molecule has 0 radical (unpaired) electrons. The van der Waals surface area contributed by atoms with Crippen LogP contribution >= 0.6 is 0 Å². The molecule has 2 N–H and O–H groups in total. The Bertz CT molecular complexity index is 286. The van der Waals surface area contributed by atoms with Gasteiger partial charge in [-0.25, -0.2) is 0 Å². The Morgan fingerprint density at radius 1 is 1.53 bits per heavy atom. The maximum Gasteiger partial charge on any atom is 0.307 e. The van der Waals surface area contributed by atoms with Crippen LogP contribution in [0.3, 0.4) is 0 Å². The third-order valence-electron chi connectivity index (χ3n) is 4.49. The molecule has 98 valence electrons. The lowest BCUT2D eigenvalue weighted by atomic mass is 9.61. The van der Waals surface area contributed by atoms with Gasteiger partial charge < -0.3 is 10.4 Å². The first-order chi connectivity index (χ1) is 7.91. The molecule has 0 amide bonds. The van der Waals surface area contributed by atoms with Crippen LogP contribution in [0.5, 0.6) is 0 Å². The number of hydrogen-bond acceptors (Lipinski definition) is 2. The lowest BCUT2D eigenvalue weighted by molar-refractivity contribution is -0.150. The molecule has 3 atom stereocenters. The molecule has 1 rings (SSSR count). The van der Waals surface area contributed by atoms with Gasteiger partial charge in [0.25, 0.3) is 0 Å². The summed E-state index contributed by atoms with van der Waals surface area (Å²) in [4.78, 5) is 11.2. The minimum Gasteiger partial charge on any atom is -0.481 e. The molecule has 17 heavy (non-hydrogen) atoms. The molecule has 1 saturated carbocycles. The molecule has 3 nitrogen and oxygen atoms in total. The lowest BCUT2D eigenvalue weighted by Crippen LogP contribution is -2.51. The van der Waals surface area contributed by atoms with Gasteiger partial charge in [0, 0.05) is 6.04 Å². The molecule has 0 aromatic carbocycles. The number of rotatable bonds is 5. The van der Waals surface area contributed by atoms with Crippen LogP contribution in [-0.4, -0.2) is 23.7 Å². The monoisotopic (exact) mass is 239 g/mol. The van der Waals surface area contributed by atoms with Gasteiger partial charge >= 0.3 is 5.97 Å². The Kier molecular flexibility index (Phi) is 4.75. The molecule has 0 aliphatic heterocycles. The molecule has 0 bridgehead atoms. The van der Waals surface area contributed by atoms with Gasteiger partial charge in [0.05, 0.1) is 5.92 Å². The second kappa shape index (κ2) is 5.67. The predicted octanol–water partition coefficient (Wildman–Crippen LogP) is 2.68. The third kappa shape index (κ3) is 3.09. The van der Waals surface area contributed by atoms with Gasteiger partial charge in [0.15, 0.2) is 0 Å². The molecule has 1 fully saturated rings. The molecule has 0 aromatic heterocycles. The first kappa shape index (κ1) is 14.2. The van der Waals surface area contributed by atoms with Crippen LogP contribution in [0, 0.1) is 17.3 Å². The fraction of sp³-hybridized carbons (Fsp3) is 0.786. The maximum absolute atomic E-state index is 11.2. The fourth-order valence-electron chi connectivity index (χ4n) is 2.90. The van der Waals surface area contributed by atoms with Gasteiger partial charge in [-0.15, -0.1) is 6.58 Å². The number of aliphatic carboxylic acids is 1. The standard InChI is InChI=1S/C14H25NO2/c1-5-6-9-15-12-8-7-11(13(16)17)14(3,4)10(12)2/h5,10-12,15H,1,6-9H2,2-4H3,(H,16,17). The van der Waals surface area contributed by atoms with Crippen molar-refractivity contribution in [3.8, 4) is 0 Å². The van der Waals surface area contributed by atoms with E-state index in [1.165, 1.54) is 0 Å². The van der Waals surface area contributed by atoms with Crippen molar-refractivity contribution in [1.82, 2.24) is 5.32 Å². The minimum atomic E-state index is -0.647. The van der Waals surface area contributed by atoms with Crippen molar-refractivity contribution >= 4 is 5.97 Å². The molecular formula is C14H25NO2. The van der Waals surface area contributed by atoms with E-state index in [4.69, 9.17) is 0 Å². The predicted molar refractivity (Wildman–Crippen MR) is 69.9 cm³/mol. The zero-order valence-electron chi connectivity index (χ0n) is 11.2. The summed E-state index contributed by atoms with van der Waals surface area (Å²) in [5.74, 6) is -0.483. The summed E-state index contributed by atoms with van der Waals surface area (Å²) in [6.45, 7) is 11.0. The number of carbonyl (C=O) groups is 1. The summed E-state index contributed by atoms with van der Waals surface area (Å²) in [6, 6.07) is 0.431. The Morgan fingerprint density at radius 3 is 2.71 bits per heavy atom. The van der Waals surface area contributed by atoms with Crippen molar-refractivity contribution in [2.45, 2.75) is 46.1 Å². The van der Waals surface area contributed by atoms with Gasteiger partial charge in [-0.3, -0.25) is 4.79 Å². The van der Waals surface area contributed by atoms with Gasteiger partial charge in [0.2, 0.25) is 0 Å². The first-order valence-electron chi connectivity index (χ1n) is 6.48. The SMILES string of the molecule is C=CCCNC1CCC(C(=O)O)C(C)(C)C1C. The normalized spacial score (nSPS) is 32.1. The van der Waals surface area contributed by atoms with Crippen molar-refractivity contribution in [2.75, 3.05) is 6.54 Å². The van der Waals surface area contributed by atoms with Crippen LogP contribution in [0.4, 0.5) is 0 Å². The van der Waals surface area contributed by atoms with E-state index in [-0.39, 0.29) is 11.3 Å². The van der Waals surface area contributed by atoms with Crippen molar-refractivity contribution in [3.63, 3.8) is 0 Å². The van der Waals surface area contributed by atoms with Gasteiger partial charge in [-0.2, -0.15) is 0 Å². The molecule has 3 unspecified atom stereocenters. The Labute approximate surface area is 104 Å². The number of carboxylic acid groups (broad SMARTS) is 1. The van der Waals surface area contributed by atoms with Crippen molar-refractivity contribution in [3.05, 3.63) is 12.7 Å². The molecule has 1 aliphatic carbocycles. The highest BCUT2D eigenvalue weighted by atomic mass is 16.4. The summed E-state index contributed by atoms with van der Waals surface area (Å²) < 4.78 is 0. The smallest absolute Gasteiger partial charge is 0.307 e. The highest BCUT2D eigenvalue weighted by Gasteiger charge is 2.45. The second-order valence-electron chi connectivity index (χ2n) is 5.72. The quantitative estimate of drug-likeness (QED) is 0.573. The highest BCUT2D eigenvalue weighted by molar-refractivity contribution is 5.71. The Balaban J connectivity index is 2.64. The molecular weight excluding hydrogens is 214 g/mol. The minimum absolute atomic E-state index is 0.143. The van der Waals surface area contributed by atoms with Crippen molar-refractivity contribution in [1.29, 1.82) is 0 Å². The topological polar surface area (TPSA) is 49.3 Å². The van der Waals surface area contributed by atoms with E-state index in [9.17, 15) is 9.90 Å². The summed E-state index contributed by atoms with van der Waals surface area (Å²) in [5.41, 5.74) is -0.143. The first-order valence-corrected chi connectivity index (χ1v) is 6.48. The number of hydrogen-bond donors (Lipinski definition) is 2. The zero-order valence-corrected chi connectivity index (χ0v) is 11.2. The second-order valence-corrected chi connectivity index (χ2v) is 5.72. The van der Waals surface area contributed by atoms with Gasteiger partial charge in [-0.1, -0.05) is 26.8 Å². The summed E-state index contributed by atoms with van der Waals surface area (Å²) in [6.07, 6.45) is 4.61. The number of carboxylic acids is 1. The molecule has 0 aromatic rings. The van der Waals surface area contributed by atoms with E-state index in [0.717, 1.165) is 25.8 Å². The molecule has 1 aliphatic rings. The van der Waals surface area contributed by atoms with Gasteiger partial charge in [-0.05, 0) is 37.1 Å². The summed E-state index contributed by atoms with van der Waals surface area (Å²) >= 11 is 0. The third-order valence-corrected chi connectivity index (χ3v) is 4.49. The molecule has 3 heteroatoms. The van der Waals surface area contributed by atoms with Crippen LogP contribution in [0.1, 0.15) is 40.0 Å². The van der Waals surface area contributed by atoms with Crippen LogP contribution in [0.25, 0.3) is 0 Å². The van der Waals surface area contributed by atoms with Crippen molar-refractivity contribution < 1.29 is 9.90 Å². The average molecular weight is 239 g/mol. The Hall–Kier alpha value is -0.830. The largest absolute Gasteiger partial charge is 0.481 e. The van der Waals surface area contributed by atoms with Crippen LogP contribution in [0.15, 0.2) is 12.7 Å². The Morgan fingerprint density at radius 2 is 2.18 bits per heavy atom. The van der Waals surface area contributed by atoms with Gasteiger partial charge in [0.1, 0.15) is 0 Å². The summed E-state index contributed by atoms with van der Waals surface area (Å²) in [7, 11) is 0. The van der Waals surface area contributed by atoms with E-state index in [2.05, 4.69) is 32.7 Å². The van der Waals surface area contributed by atoms with E-state index >= 15 is 0 Å². The zero-order chi connectivity index (χ0) is 13.1. The van der Waals surface area contributed by atoms with Crippen LogP contribution in [-0.2, 0) is 4.79 Å². The van der Waals surface area contributed by atoms with E-state index in [1.807, 2.05) is 6.08 Å². The number of nitrogens with one attached hydrogen (secondary N) is 1. The van der Waals surface area contributed by atoms with E-state index in [0.29, 0.717) is 12.0 Å². The van der Waals surface area contributed by atoms with E-state index in [1.54, 1.807) is 0 Å².